The summed E-state index contributed by atoms with van der Waals surface area (Å²) in [5.74, 6) is 0.818. The summed E-state index contributed by atoms with van der Waals surface area (Å²) in [6.07, 6.45) is 5.36. The third-order valence-corrected chi connectivity index (χ3v) is 4.52. The van der Waals surface area contributed by atoms with E-state index in [9.17, 15) is 4.79 Å². The van der Waals surface area contributed by atoms with E-state index in [1.54, 1.807) is 30.5 Å². The van der Waals surface area contributed by atoms with E-state index in [0.717, 1.165) is 18.8 Å². The molecule has 1 aliphatic rings. The normalized spacial score (nSPS) is 16.9. The molecule has 3 rings (SSSR count). The highest BCUT2D eigenvalue weighted by molar-refractivity contribution is 6.30. The van der Waals surface area contributed by atoms with Crippen LogP contribution < -0.4 is 5.32 Å². The molecular weight excluding hydrogens is 312 g/mol. The Kier molecular flexibility index (Phi) is 5.36. The number of nitrogens with zero attached hydrogens (tertiary/aromatic N) is 1. The Morgan fingerprint density at radius 2 is 1.91 bits per heavy atom. The second-order valence-electron chi connectivity index (χ2n) is 5.84. The molecule has 0 saturated carbocycles. The van der Waals surface area contributed by atoms with Gasteiger partial charge in [-0.1, -0.05) is 18.0 Å². The number of carbonyl (C=O) groups is 1. The molecule has 0 aliphatic carbocycles. The molecule has 0 spiro atoms. The molecule has 2 aromatic rings. The largest absolute Gasteiger partial charge is 0.468 e. The van der Waals surface area contributed by atoms with Crippen LogP contribution in [0.25, 0.3) is 0 Å². The second kappa shape index (κ2) is 7.66. The van der Waals surface area contributed by atoms with Crippen LogP contribution >= 0.6 is 11.6 Å². The van der Waals surface area contributed by atoms with Gasteiger partial charge in [0.2, 0.25) is 0 Å². The fourth-order valence-corrected chi connectivity index (χ4v) is 3.14. The zero-order chi connectivity index (χ0) is 16.1. The Morgan fingerprint density at radius 3 is 2.57 bits per heavy atom. The van der Waals surface area contributed by atoms with Gasteiger partial charge in [0.05, 0.1) is 12.3 Å². The van der Waals surface area contributed by atoms with E-state index in [0.29, 0.717) is 17.1 Å². The predicted molar refractivity (Wildman–Crippen MR) is 90.7 cm³/mol. The van der Waals surface area contributed by atoms with E-state index < -0.39 is 0 Å². The first-order chi connectivity index (χ1) is 11.2. The lowest BCUT2D eigenvalue weighted by atomic mass is 10.1. The van der Waals surface area contributed by atoms with Crippen molar-refractivity contribution < 1.29 is 9.21 Å². The quantitative estimate of drug-likeness (QED) is 0.903. The van der Waals surface area contributed by atoms with E-state index in [1.807, 2.05) is 12.1 Å². The van der Waals surface area contributed by atoms with Crippen LogP contribution in [0.2, 0.25) is 5.02 Å². The van der Waals surface area contributed by atoms with Crippen LogP contribution in [0.5, 0.6) is 0 Å². The monoisotopic (exact) mass is 332 g/mol. The Morgan fingerprint density at radius 1 is 1.17 bits per heavy atom. The van der Waals surface area contributed by atoms with Gasteiger partial charge in [-0.05, 0) is 62.3 Å². The molecule has 4 nitrogen and oxygen atoms in total. The molecule has 1 N–H and O–H groups in total. The molecule has 1 amide bonds. The van der Waals surface area contributed by atoms with Crippen molar-refractivity contribution in [1.29, 1.82) is 0 Å². The first-order valence-electron chi connectivity index (χ1n) is 8.05. The zero-order valence-electron chi connectivity index (χ0n) is 13.0. The second-order valence-corrected chi connectivity index (χ2v) is 6.28. The maximum absolute atomic E-state index is 12.3. The van der Waals surface area contributed by atoms with Crippen molar-refractivity contribution in [3.05, 3.63) is 59.0 Å². The minimum absolute atomic E-state index is 0.0848. The number of rotatable bonds is 5. The average Bonchev–Trinajstić information content (AvgIpc) is 3.11. The van der Waals surface area contributed by atoms with Gasteiger partial charge in [-0.3, -0.25) is 9.69 Å². The SMILES string of the molecule is O=C(NC[C@@H](c1ccco1)N1CCCCC1)c1ccc(Cl)cc1. The maximum Gasteiger partial charge on any atom is 0.251 e. The van der Waals surface area contributed by atoms with Crippen molar-refractivity contribution in [3.63, 3.8) is 0 Å². The van der Waals surface area contributed by atoms with Crippen molar-refractivity contribution >= 4 is 17.5 Å². The zero-order valence-corrected chi connectivity index (χ0v) is 13.8. The third kappa shape index (κ3) is 4.15. The summed E-state index contributed by atoms with van der Waals surface area (Å²) in [4.78, 5) is 14.7. The highest BCUT2D eigenvalue weighted by Gasteiger charge is 2.25. The fourth-order valence-electron chi connectivity index (χ4n) is 3.01. The summed E-state index contributed by atoms with van der Waals surface area (Å²) in [6, 6.07) is 10.9. The molecule has 1 atom stereocenters. The highest BCUT2D eigenvalue weighted by Crippen LogP contribution is 2.24. The Hall–Kier alpha value is -1.78. The van der Waals surface area contributed by atoms with E-state index in [2.05, 4.69) is 10.2 Å². The number of hydrogen-bond acceptors (Lipinski definition) is 3. The van der Waals surface area contributed by atoms with Gasteiger partial charge < -0.3 is 9.73 Å². The number of carbonyl (C=O) groups excluding carboxylic acids is 1. The van der Waals surface area contributed by atoms with Gasteiger partial charge in [-0.15, -0.1) is 0 Å². The molecule has 0 unspecified atom stereocenters. The van der Waals surface area contributed by atoms with Gasteiger partial charge in [0, 0.05) is 17.1 Å². The van der Waals surface area contributed by atoms with E-state index in [1.165, 1.54) is 19.3 Å². The number of amides is 1. The lowest BCUT2D eigenvalue weighted by Gasteiger charge is -2.33. The number of likely N-dealkylation sites (tertiary alicyclic amines) is 1. The molecule has 1 fully saturated rings. The molecule has 1 aromatic carbocycles. The van der Waals surface area contributed by atoms with Gasteiger partial charge in [0.15, 0.2) is 0 Å². The number of nitrogens with one attached hydrogen (secondary N) is 1. The van der Waals surface area contributed by atoms with Gasteiger partial charge in [0.25, 0.3) is 5.91 Å². The Labute approximate surface area is 141 Å². The number of hydrogen-bond donors (Lipinski definition) is 1. The molecule has 2 heterocycles. The first kappa shape index (κ1) is 16.1. The van der Waals surface area contributed by atoms with Crippen LogP contribution in [-0.2, 0) is 0 Å². The summed E-state index contributed by atoms with van der Waals surface area (Å²) >= 11 is 5.86. The topological polar surface area (TPSA) is 45.5 Å². The van der Waals surface area contributed by atoms with Crippen molar-refractivity contribution in [1.82, 2.24) is 10.2 Å². The van der Waals surface area contributed by atoms with Gasteiger partial charge in [-0.25, -0.2) is 0 Å². The Balaban J connectivity index is 1.66. The number of furan rings is 1. The molecular formula is C18H21ClN2O2. The van der Waals surface area contributed by atoms with Crippen LogP contribution in [0.3, 0.4) is 0 Å². The van der Waals surface area contributed by atoms with Crippen LogP contribution in [0.1, 0.15) is 41.4 Å². The molecule has 1 aliphatic heterocycles. The molecule has 0 radical (unpaired) electrons. The van der Waals surface area contributed by atoms with Gasteiger partial charge in [0.1, 0.15) is 5.76 Å². The van der Waals surface area contributed by atoms with Crippen molar-refractivity contribution in [2.24, 2.45) is 0 Å². The van der Waals surface area contributed by atoms with E-state index in [-0.39, 0.29) is 11.9 Å². The van der Waals surface area contributed by atoms with Crippen molar-refractivity contribution in [2.45, 2.75) is 25.3 Å². The lowest BCUT2D eigenvalue weighted by Crippen LogP contribution is -2.40. The summed E-state index contributed by atoms with van der Waals surface area (Å²) in [6.45, 7) is 2.62. The van der Waals surface area contributed by atoms with Crippen molar-refractivity contribution in [3.8, 4) is 0 Å². The molecule has 0 bridgehead atoms. The molecule has 1 saturated heterocycles. The summed E-state index contributed by atoms with van der Waals surface area (Å²) in [7, 11) is 0. The van der Waals surface area contributed by atoms with E-state index in [4.69, 9.17) is 16.0 Å². The molecule has 1 aromatic heterocycles. The van der Waals surface area contributed by atoms with Crippen LogP contribution in [0.15, 0.2) is 47.1 Å². The third-order valence-electron chi connectivity index (χ3n) is 4.27. The Bertz CT molecular complexity index is 619. The van der Waals surface area contributed by atoms with Crippen molar-refractivity contribution in [2.75, 3.05) is 19.6 Å². The minimum Gasteiger partial charge on any atom is -0.468 e. The summed E-state index contributed by atoms with van der Waals surface area (Å²) in [5.41, 5.74) is 0.617. The number of halogens is 1. The van der Waals surface area contributed by atoms with Crippen LogP contribution in [0.4, 0.5) is 0 Å². The lowest BCUT2D eigenvalue weighted by molar-refractivity contribution is 0.0914. The maximum atomic E-state index is 12.3. The van der Waals surface area contributed by atoms with Gasteiger partial charge >= 0.3 is 0 Å². The number of benzene rings is 1. The first-order valence-corrected chi connectivity index (χ1v) is 8.43. The predicted octanol–water partition coefficient (Wildman–Crippen LogP) is 3.89. The standard InChI is InChI=1S/C18H21ClN2O2/c19-15-8-6-14(7-9-15)18(22)20-13-16(17-5-4-12-23-17)21-10-2-1-3-11-21/h4-9,12,16H,1-3,10-11,13H2,(H,20,22)/t16-/m0/s1. The molecule has 122 valence electrons. The van der Waals surface area contributed by atoms with Crippen LogP contribution in [0, 0.1) is 0 Å². The summed E-state index contributed by atoms with van der Waals surface area (Å²) in [5, 5.41) is 3.65. The number of piperidine rings is 1. The fraction of sp³-hybridized carbons (Fsp3) is 0.389. The molecule has 23 heavy (non-hydrogen) atoms. The van der Waals surface area contributed by atoms with Gasteiger partial charge in [-0.2, -0.15) is 0 Å². The van der Waals surface area contributed by atoms with Crippen LogP contribution in [-0.4, -0.2) is 30.4 Å². The average molecular weight is 333 g/mol. The highest BCUT2D eigenvalue weighted by atomic mass is 35.5. The smallest absolute Gasteiger partial charge is 0.251 e. The minimum atomic E-state index is -0.0877. The van der Waals surface area contributed by atoms with E-state index >= 15 is 0 Å². The summed E-state index contributed by atoms with van der Waals surface area (Å²) < 4.78 is 5.59. The molecule has 5 heteroatoms.